The Bertz CT molecular complexity index is 543. The summed E-state index contributed by atoms with van der Waals surface area (Å²) in [4.78, 5) is 13.7. The number of hydrogen-bond donors (Lipinski definition) is 1. The molecule has 0 saturated carbocycles. The van der Waals surface area contributed by atoms with Crippen molar-refractivity contribution >= 4 is 15.7 Å². The quantitative estimate of drug-likeness (QED) is 0.848. The van der Waals surface area contributed by atoms with Gasteiger partial charge in [-0.05, 0) is 18.9 Å². The monoisotopic (exact) mass is 298 g/mol. The highest BCUT2D eigenvalue weighted by molar-refractivity contribution is 7.90. The fraction of sp³-hybridized carbons (Fsp3) is 0.500. The van der Waals surface area contributed by atoms with E-state index >= 15 is 0 Å². The number of likely N-dealkylation sites (N-methyl/N-ethyl adjacent to an activating group) is 1. The number of nitrogens with two attached hydrogens (primary N) is 1. The van der Waals surface area contributed by atoms with Crippen molar-refractivity contribution in [1.29, 1.82) is 0 Å². The highest BCUT2D eigenvalue weighted by Gasteiger charge is 2.23. The van der Waals surface area contributed by atoms with Crippen molar-refractivity contribution < 1.29 is 13.2 Å². The Kier molecular flexibility index (Phi) is 5.71. The molecule has 0 spiro atoms. The molecule has 20 heavy (non-hydrogen) atoms. The molecule has 1 amide bonds. The number of carbonyl (C=O) groups is 1. The zero-order valence-corrected chi connectivity index (χ0v) is 12.9. The van der Waals surface area contributed by atoms with E-state index in [1.807, 2.05) is 37.3 Å². The Balaban J connectivity index is 2.66. The largest absolute Gasteiger partial charge is 0.338 e. The fourth-order valence-corrected chi connectivity index (χ4v) is 2.55. The SMILES string of the molecule is CC(c1ccccc1)N(C)C(=O)C(N)CCS(C)(=O)=O. The van der Waals surface area contributed by atoms with E-state index < -0.39 is 15.9 Å². The molecule has 0 aliphatic heterocycles. The molecule has 2 atom stereocenters. The Labute approximate surface area is 120 Å². The Hall–Kier alpha value is -1.40. The van der Waals surface area contributed by atoms with E-state index in [1.165, 1.54) is 0 Å². The van der Waals surface area contributed by atoms with Gasteiger partial charge in [-0.15, -0.1) is 0 Å². The van der Waals surface area contributed by atoms with Gasteiger partial charge in [0.15, 0.2) is 0 Å². The van der Waals surface area contributed by atoms with Gasteiger partial charge in [0.25, 0.3) is 0 Å². The van der Waals surface area contributed by atoms with Crippen LogP contribution < -0.4 is 5.73 Å². The third kappa shape index (κ3) is 4.94. The molecule has 0 heterocycles. The first-order chi connectivity index (χ1) is 9.22. The van der Waals surface area contributed by atoms with Gasteiger partial charge in [-0.25, -0.2) is 8.42 Å². The van der Waals surface area contributed by atoms with Crippen molar-refractivity contribution in [3.63, 3.8) is 0 Å². The average Bonchev–Trinajstić information content (AvgIpc) is 2.42. The minimum absolute atomic E-state index is 0.0759. The second-order valence-corrected chi connectivity index (χ2v) is 7.32. The average molecular weight is 298 g/mol. The highest BCUT2D eigenvalue weighted by Crippen LogP contribution is 2.19. The van der Waals surface area contributed by atoms with Gasteiger partial charge >= 0.3 is 0 Å². The molecular weight excluding hydrogens is 276 g/mol. The minimum atomic E-state index is -3.10. The van der Waals surface area contributed by atoms with E-state index in [-0.39, 0.29) is 24.1 Å². The lowest BCUT2D eigenvalue weighted by Crippen LogP contribution is -2.43. The number of rotatable bonds is 6. The van der Waals surface area contributed by atoms with E-state index in [9.17, 15) is 13.2 Å². The number of nitrogens with zero attached hydrogens (tertiary/aromatic N) is 1. The van der Waals surface area contributed by atoms with Crippen LogP contribution in [0.2, 0.25) is 0 Å². The van der Waals surface area contributed by atoms with E-state index in [2.05, 4.69) is 0 Å². The molecule has 2 N–H and O–H groups in total. The number of sulfone groups is 1. The third-order valence-electron chi connectivity index (χ3n) is 3.33. The van der Waals surface area contributed by atoms with E-state index in [1.54, 1.807) is 11.9 Å². The summed E-state index contributed by atoms with van der Waals surface area (Å²) in [7, 11) is -1.42. The molecule has 0 saturated heterocycles. The van der Waals surface area contributed by atoms with Crippen molar-refractivity contribution in [2.75, 3.05) is 19.1 Å². The summed E-state index contributed by atoms with van der Waals surface area (Å²) in [6, 6.07) is 8.72. The van der Waals surface area contributed by atoms with Crippen molar-refractivity contribution in [2.24, 2.45) is 5.73 Å². The second-order valence-electron chi connectivity index (χ2n) is 5.06. The predicted octanol–water partition coefficient (Wildman–Crippen LogP) is 0.968. The van der Waals surface area contributed by atoms with Gasteiger partial charge in [0, 0.05) is 13.3 Å². The minimum Gasteiger partial charge on any atom is -0.338 e. The number of benzene rings is 1. The smallest absolute Gasteiger partial charge is 0.239 e. The van der Waals surface area contributed by atoms with Gasteiger partial charge in [0.1, 0.15) is 9.84 Å². The Morgan fingerprint density at radius 1 is 1.30 bits per heavy atom. The molecule has 2 unspecified atom stereocenters. The second kappa shape index (κ2) is 6.85. The van der Waals surface area contributed by atoms with Crippen LogP contribution in [0, 0.1) is 0 Å². The molecule has 5 nitrogen and oxygen atoms in total. The molecule has 112 valence electrons. The summed E-state index contributed by atoms with van der Waals surface area (Å²) in [5, 5.41) is 0. The van der Waals surface area contributed by atoms with Gasteiger partial charge in [-0.1, -0.05) is 30.3 Å². The van der Waals surface area contributed by atoms with E-state index in [0.717, 1.165) is 11.8 Å². The first-order valence-electron chi connectivity index (χ1n) is 6.47. The third-order valence-corrected chi connectivity index (χ3v) is 4.30. The molecule has 0 bridgehead atoms. The van der Waals surface area contributed by atoms with Crippen LogP contribution in [0.4, 0.5) is 0 Å². The summed E-state index contributed by atoms with van der Waals surface area (Å²) in [5.41, 5.74) is 6.80. The summed E-state index contributed by atoms with van der Waals surface area (Å²) < 4.78 is 22.2. The van der Waals surface area contributed by atoms with Crippen molar-refractivity contribution in [3.8, 4) is 0 Å². The number of amides is 1. The molecule has 6 heteroatoms. The van der Waals surface area contributed by atoms with Crippen LogP contribution in [0.25, 0.3) is 0 Å². The van der Waals surface area contributed by atoms with Gasteiger partial charge < -0.3 is 10.6 Å². The van der Waals surface area contributed by atoms with Crippen LogP contribution >= 0.6 is 0 Å². The Morgan fingerprint density at radius 2 is 1.85 bits per heavy atom. The van der Waals surface area contributed by atoms with Crippen LogP contribution in [0.5, 0.6) is 0 Å². The molecule has 0 radical (unpaired) electrons. The lowest BCUT2D eigenvalue weighted by molar-refractivity contribution is -0.133. The van der Waals surface area contributed by atoms with Crippen LogP contribution in [0.15, 0.2) is 30.3 Å². The molecule has 0 aromatic heterocycles. The maximum absolute atomic E-state index is 12.2. The molecule has 1 aromatic rings. The summed E-state index contributed by atoms with van der Waals surface area (Å²) in [6.45, 7) is 1.91. The Morgan fingerprint density at radius 3 is 2.35 bits per heavy atom. The first-order valence-corrected chi connectivity index (χ1v) is 8.53. The topological polar surface area (TPSA) is 80.5 Å². The maximum atomic E-state index is 12.2. The zero-order chi connectivity index (χ0) is 15.3. The lowest BCUT2D eigenvalue weighted by atomic mass is 10.1. The van der Waals surface area contributed by atoms with Gasteiger partial charge in [-0.3, -0.25) is 4.79 Å². The van der Waals surface area contributed by atoms with Crippen LogP contribution in [-0.2, 0) is 14.6 Å². The summed E-state index contributed by atoms with van der Waals surface area (Å²) >= 11 is 0. The van der Waals surface area contributed by atoms with Crippen molar-refractivity contribution in [3.05, 3.63) is 35.9 Å². The van der Waals surface area contributed by atoms with Crippen LogP contribution in [-0.4, -0.2) is 44.3 Å². The van der Waals surface area contributed by atoms with Gasteiger partial charge in [-0.2, -0.15) is 0 Å². The molecule has 1 aromatic carbocycles. The van der Waals surface area contributed by atoms with Crippen LogP contribution in [0.3, 0.4) is 0 Å². The zero-order valence-electron chi connectivity index (χ0n) is 12.1. The molecule has 1 rings (SSSR count). The standard InChI is InChI=1S/C14H22N2O3S/c1-11(12-7-5-4-6-8-12)16(2)14(17)13(15)9-10-20(3,18)19/h4-8,11,13H,9-10,15H2,1-3H3. The maximum Gasteiger partial charge on any atom is 0.239 e. The number of carbonyl (C=O) groups excluding carboxylic acids is 1. The highest BCUT2D eigenvalue weighted by atomic mass is 32.2. The van der Waals surface area contributed by atoms with Crippen molar-refractivity contribution in [1.82, 2.24) is 4.90 Å². The van der Waals surface area contributed by atoms with Crippen LogP contribution in [0.1, 0.15) is 24.9 Å². The summed E-state index contributed by atoms with van der Waals surface area (Å²) in [5.74, 6) is -0.321. The molecule has 0 aliphatic rings. The van der Waals surface area contributed by atoms with Gasteiger partial charge in [0.05, 0.1) is 17.8 Å². The summed E-state index contributed by atoms with van der Waals surface area (Å²) in [6.07, 6.45) is 1.28. The predicted molar refractivity (Wildman–Crippen MR) is 79.9 cm³/mol. The van der Waals surface area contributed by atoms with Gasteiger partial charge in [0.2, 0.25) is 5.91 Å². The van der Waals surface area contributed by atoms with E-state index in [4.69, 9.17) is 5.73 Å². The fourth-order valence-electron chi connectivity index (χ4n) is 1.87. The number of hydrogen-bond acceptors (Lipinski definition) is 4. The van der Waals surface area contributed by atoms with Crippen molar-refractivity contribution in [2.45, 2.75) is 25.4 Å². The molecule has 0 fully saturated rings. The normalized spacial score (nSPS) is 14.6. The van der Waals surface area contributed by atoms with E-state index in [0.29, 0.717) is 0 Å². The lowest BCUT2D eigenvalue weighted by Gasteiger charge is -2.28. The molecule has 0 aliphatic carbocycles. The molecular formula is C14H22N2O3S. The first kappa shape index (κ1) is 16.7.